The van der Waals surface area contributed by atoms with Gasteiger partial charge in [-0.1, -0.05) is 34.1 Å². The van der Waals surface area contributed by atoms with Crippen LogP contribution in [0.2, 0.25) is 0 Å². The third-order valence-electron chi connectivity index (χ3n) is 6.54. The number of hydrogen-bond donors (Lipinski definition) is 1. The maximum absolute atomic E-state index is 13.6. The number of hydrogen-bond acceptors (Lipinski definition) is 2. The van der Waals surface area contributed by atoms with Crippen LogP contribution in [0.5, 0.6) is 0 Å². The van der Waals surface area contributed by atoms with Gasteiger partial charge < -0.3 is 10.2 Å². The summed E-state index contributed by atoms with van der Waals surface area (Å²) in [5.41, 5.74) is -1.48. The third-order valence-corrected chi connectivity index (χ3v) is 6.54. The summed E-state index contributed by atoms with van der Waals surface area (Å²) < 4.78 is 52.5. The Hall–Kier alpha value is -1.63. The molecule has 1 N–H and O–H groups in total. The molecule has 0 heterocycles. The normalized spacial score (nSPS) is 22.1. The van der Waals surface area contributed by atoms with Crippen molar-refractivity contribution in [2.45, 2.75) is 78.6 Å². The Morgan fingerprint density at radius 2 is 1.97 bits per heavy atom. The van der Waals surface area contributed by atoms with Crippen LogP contribution in [0, 0.1) is 17.2 Å². The smallest absolute Gasteiger partial charge is 0.352 e. The molecular weight excluding hydrogens is 396 g/mol. The Balaban J connectivity index is 2.11. The summed E-state index contributed by atoms with van der Waals surface area (Å²) in [6.07, 6.45) is 0.0345. The summed E-state index contributed by atoms with van der Waals surface area (Å²) >= 11 is 0. The van der Waals surface area contributed by atoms with Gasteiger partial charge in [0.15, 0.2) is 0 Å². The number of rotatable bonds is 9. The molecule has 0 radical (unpaired) electrons. The molecule has 0 aliphatic heterocycles. The first-order valence-electron chi connectivity index (χ1n) is 10.9. The van der Waals surface area contributed by atoms with Crippen molar-refractivity contribution < 1.29 is 22.4 Å². The molecule has 170 valence electrons. The molecule has 0 spiro atoms. The van der Waals surface area contributed by atoms with Gasteiger partial charge in [0.25, 0.3) is 0 Å². The number of nitrogens with one attached hydrogen (secondary N) is 1. The van der Waals surface area contributed by atoms with Gasteiger partial charge in [-0.05, 0) is 68.5 Å². The zero-order valence-corrected chi connectivity index (χ0v) is 18.4. The van der Waals surface area contributed by atoms with E-state index < -0.39 is 23.0 Å². The predicted octanol–water partition coefficient (Wildman–Crippen LogP) is 5.78. The summed E-state index contributed by atoms with van der Waals surface area (Å²) in [7, 11) is 0. The molecular formula is C23H34F4N2O. The van der Waals surface area contributed by atoms with Crippen LogP contribution in [0.25, 0.3) is 0 Å². The first-order valence-corrected chi connectivity index (χ1v) is 10.9. The Bertz CT molecular complexity index is 720. The van der Waals surface area contributed by atoms with E-state index in [2.05, 4.69) is 24.1 Å². The van der Waals surface area contributed by atoms with Gasteiger partial charge in [0.1, 0.15) is 5.82 Å². The van der Waals surface area contributed by atoms with Crippen LogP contribution in [0.4, 0.5) is 17.6 Å². The molecule has 1 aliphatic rings. The van der Waals surface area contributed by atoms with Crippen LogP contribution in [-0.4, -0.2) is 29.9 Å². The maximum Gasteiger partial charge on any atom is 0.416 e. The fourth-order valence-electron chi connectivity index (χ4n) is 4.59. The second-order valence-corrected chi connectivity index (χ2v) is 8.72. The summed E-state index contributed by atoms with van der Waals surface area (Å²) in [6, 6.07) is 2.74. The highest BCUT2D eigenvalue weighted by Gasteiger charge is 2.48. The van der Waals surface area contributed by atoms with Crippen molar-refractivity contribution in [2.24, 2.45) is 11.3 Å². The monoisotopic (exact) mass is 430 g/mol. The van der Waals surface area contributed by atoms with Crippen molar-refractivity contribution in [2.75, 3.05) is 13.1 Å². The van der Waals surface area contributed by atoms with Crippen molar-refractivity contribution in [1.82, 2.24) is 10.2 Å². The predicted molar refractivity (Wildman–Crippen MR) is 110 cm³/mol. The van der Waals surface area contributed by atoms with Gasteiger partial charge in [0.2, 0.25) is 5.91 Å². The number of unbranched alkanes of at least 4 members (excludes halogenated alkanes) is 1. The highest BCUT2D eigenvalue weighted by Crippen LogP contribution is 2.46. The van der Waals surface area contributed by atoms with Crippen LogP contribution in [0.15, 0.2) is 18.2 Å². The quantitative estimate of drug-likeness (QED) is 0.504. The zero-order valence-electron chi connectivity index (χ0n) is 18.4. The molecule has 3 nitrogen and oxygen atoms in total. The largest absolute Gasteiger partial charge is 0.416 e. The molecule has 1 aromatic carbocycles. The van der Waals surface area contributed by atoms with Gasteiger partial charge >= 0.3 is 6.18 Å². The van der Waals surface area contributed by atoms with Gasteiger partial charge in [-0.15, -0.1) is 0 Å². The first kappa shape index (κ1) is 24.6. The summed E-state index contributed by atoms with van der Waals surface area (Å²) in [5, 5.41) is 2.80. The molecule has 1 aromatic rings. The number of nitrogens with zero attached hydrogens (tertiary/aromatic N) is 1. The number of carbonyl (C=O) groups excluding carboxylic acids is 1. The molecule has 1 saturated carbocycles. The fourth-order valence-corrected chi connectivity index (χ4v) is 4.59. The lowest BCUT2D eigenvalue weighted by atomic mass is 9.74. The Labute approximate surface area is 177 Å². The SMILES string of the molecule is CCCCN(CC)C1CCC(C(=O)NCc2cc(F)cc(C(F)(F)F)c2)(C(C)C)C1. The van der Waals surface area contributed by atoms with E-state index >= 15 is 0 Å². The van der Waals surface area contributed by atoms with Gasteiger partial charge in [-0.3, -0.25) is 4.79 Å². The molecule has 30 heavy (non-hydrogen) atoms. The molecule has 7 heteroatoms. The van der Waals surface area contributed by atoms with Gasteiger partial charge in [0, 0.05) is 12.6 Å². The molecule has 0 saturated heterocycles. The van der Waals surface area contributed by atoms with E-state index in [1.54, 1.807) is 0 Å². The molecule has 0 bridgehead atoms. The van der Waals surface area contributed by atoms with E-state index in [-0.39, 0.29) is 23.9 Å². The van der Waals surface area contributed by atoms with Crippen molar-refractivity contribution in [1.29, 1.82) is 0 Å². The Morgan fingerprint density at radius 1 is 1.27 bits per heavy atom. The van der Waals surface area contributed by atoms with Crippen molar-refractivity contribution in [3.8, 4) is 0 Å². The van der Waals surface area contributed by atoms with E-state index in [1.807, 2.05) is 13.8 Å². The van der Waals surface area contributed by atoms with E-state index in [4.69, 9.17) is 0 Å². The van der Waals surface area contributed by atoms with Gasteiger partial charge in [-0.2, -0.15) is 13.2 Å². The Kier molecular flexibility index (Phi) is 8.31. The van der Waals surface area contributed by atoms with E-state index in [9.17, 15) is 22.4 Å². The van der Waals surface area contributed by atoms with Crippen molar-refractivity contribution in [3.63, 3.8) is 0 Å². The number of amides is 1. The average Bonchev–Trinajstić information content (AvgIpc) is 3.12. The second-order valence-electron chi connectivity index (χ2n) is 8.72. The number of carbonyl (C=O) groups is 1. The van der Waals surface area contributed by atoms with Gasteiger partial charge in [0.05, 0.1) is 11.0 Å². The number of halogens is 4. The minimum absolute atomic E-state index is 0.102. The molecule has 2 atom stereocenters. The molecule has 1 amide bonds. The zero-order chi connectivity index (χ0) is 22.5. The minimum Gasteiger partial charge on any atom is -0.352 e. The van der Waals surface area contributed by atoms with Crippen LogP contribution in [0.1, 0.15) is 70.9 Å². The van der Waals surface area contributed by atoms with Crippen LogP contribution in [-0.2, 0) is 17.5 Å². The minimum atomic E-state index is -4.62. The standard InChI is InChI=1S/C23H34F4N2O/c1-5-7-10-29(6-2)20-8-9-22(14-20,16(3)4)21(30)28-15-17-11-18(23(25,26)27)13-19(24)12-17/h11-13,16,20H,5-10,14-15H2,1-4H3,(H,28,30). The number of alkyl halides is 3. The molecule has 2 unspecified atom stereocenters. The molecule has 1 aliphatic carbocycles. The Morgan fingerprint density at radius 3 is 2.53 bits per heavy atom. The lowest BCUT2D eigenvalue weighted by Crippen LogP contribution is -2.44. The van der Waals surface area contributed by atoms with Crippen LogP contribution in [0.3, 0.4) is 0 Å². The van der Waals surface area contributed by atoms with Crippen molar-refractivity contribution in [3.05, 3.63) is 35.1 Å². The number of benzene rings is 1. The van der Waals surface area contributed by atoms with Gasteiger partial charge in [-0.25, -0.2) is 4.39 Å². The van der Waals surface area contributed by atoms with Crippen LogP contribution < -0.4 is 5.32 Å². The summed E-state index contributed by atoms with van der Waals surface area (Å²) in [6.45, 7) is 10.2. The third kappa shape index (κ3) is 5.74. The summed E-state index contributed by atoms with van der Waals surface area (Å²) in [5.74, 6) is -1.00. The second kappa shape index (κ2) is 10.1. The first-order chi connectivity index (χ1) is 14.0. The van der Waals surface area contributed by atoms with E-state index in [1.165, 1.54) is 0 Å². The topological polar surface area (TPSA) is 32.3 Å². The highest BCUT2D eigenvalue weighted by molar-refractivity contribution is 5.83. The lowest BCUT2D eigenvalue weighted by molar-refractivity contribution is -0.137. The van der Waals surface area contributed by atoms with E-state index in [0.29, 0.717) is 12.1 Å². The molecule has 0 aromatic heterocycles. The van der Waals surface area contributed by atoms with Crippen LogP contribution >= 0.6 is 0 Å². The fraction of sp³-hybridized carbons (Fsp3) is 0.696. The highest BCUT2D eigenvalue weighted by atomic mass is 19.4. The summed E-state index contributed by atoms with van der Waals surface area (Å²) in [4.78, 5) is 15.6. The average molecular weight is 431 g/mol. The molecule has 2 rings (SSSR count). The molecule has 1 fully saturated rings. The van der Waals surface area contributed by atoms with E-state index in [0.717, 1.165) is 57.3 Å². The lowest BCUT2D eigenvalue weighted by Gasteiger charge is -2.34. The maximum atomic E-state index is 13.6. The van der Waals surface area contributed by atoms with Crippen molar-refractivity contribution >= 4 is 5.91 Å².